The number of aromatic nitrogens is 2. The van der Waals surface area contributed by atoms with Crippen molar-refractivity contribution in [3.05, 3.63) is 18.0 Å². The first-order chi connectivity index (χ1) is 7.29. The van der Waals surface area contributed by atoms with Crippen LogP contribution in [0.25, 0.3) is 0 Å². The fourth-order valence-corrected chi connectivity index (χ4v) is 2.54. The Morgan fingerprint density at radius 3 is 2.87 bits per heavy atom. The van der Waals surface area contributed by atoms with Crippen LogP contribution in [-0.2, 0) is 17.3 Å². The average Bonchev–Trinajstić information content (AvgIpc) is 2.30. The fourth-order valence-electron chi connectivity index (χ4n) is 1.49. The molecule has 1 saturated heterocycles. The van der Waals surface area contributed by atoms with Crippen molar-refractivity contribution in [2.75, 3.05) is 29.5 Å². The largest absolute Gasteiger partial charge is 0.339 e. The van der Waals surface area contributed by atoms with E-state index in [9.17, 15) is 4.21 Å². The maximum atomic E-state index is 11.2. The minimum Gasteiger partial charge on any atom is -0.339 e. The van der Waals surface area contributed by atoms with E-state index < -0.39 is 10.8 Å². The SMILES string of the molecule is NCc1ccnc(N2CCS(=O)CC2)n1. The topological polar surface area (TPSA) is 72.1 Å². The molecule has 82 valence electrons. The van der Waals surface area contributed by atoms with Crippen LogP contribution in [0.2, 0.25) is 0 Å². The first kappa shape index (κ1) is 10.5. The molecule has 0 aliphatic carbocycles. The van der Waals surface area contributed by atoms with Gasteiger partial charge in [0.15, 0.2) is 0 Å². The van der Waals surface area contributed by atoms with E-state index in [-0.39, 0.29) is 0 Å². The summed E-state index contributed by atoms with van der Waals surface area (Å²) in [4.78, 5) is 10.6. The molecule has 2 rings (SSSR count). The zero-order chi connectivity index (χ0) is 10.7. The van der Waals surface area contributed by atoms with Gasteiger partial charge in [0.05, 0.1) is 5.69 Å². The second-order valence-electron chi connectivity index (χ2n) is 3.39. The minimum atomic E-state index is -0.664. The molecule has 0 amide bonds. The smallest absolute Gasteiger partial charge is 0.225 e. The molecule has 2 N–H and O–H groups in total. The van der Waals surface area contributed by atoms with Gasteiger partial charge in [-0.05, 0) is 6.07 Å². The van der Waals surface area contributed by atoms with Crippen molar-refractivity contribution in [2.24, 2.45) is 5.73 Å². The molecule has 1 aromatic heterocycles. The molecule has 1 aliphatic rings. The molecule has 0 bridgehead atoms. The lowest BCUT2D eigenvalue weighted by atomic mass is 10.4. The Kier molecular flexibility index (Phi) is 3.27. The molecule has 5 nitrogen and oxygen atoms in total. The second-order valence-corrected chi connectivity index (χ2v) is 5.08. The summed E-state index contributed by atoms with van der Waals surface area (Å²) in [5.74, 6) is 2.11. The van der Waals surface area contributed by atoms with E-state index in [0.29, 0.717) is 24.0 Å². The number of rotatable bonds is 2. The van der Waals surface area contributed by atoms with Gasteiger partial charge in [-0.25, -0.2) is 9.97 Å². The highest BCUT2D eigenvalue weighted by molar-refractivity contribution is 7.85. The average molecular weight is 226 g/mol. The van der Waals surface area contributed by atoms with Gasteiger partial charge in [0, 0.05) is 48.1 Å². The van der Waals surface area contributed by atoms with Crippen molar-refractivity contribution in [2.45, 2.75) is 6.54 Å². The standard InChI is InChI=1S/C9H14N4OS/c10-7-8-1-2-11-9(12-8)13-3-5-15(14)6-4-13/h1-2H,3-7,10H2. The molecule has 1 fully saturated rings. The monoisotopic (exact) mass is 226 g/mol. The van der Waals surface area contributed by atoms with Gasteiger partial charge in [-0.3, -0.25) is 4.21 Å². The van der Waals surface area contributed by atoms with Crippen molar-refractivity contribution in [1.82, 2.24) is 9.97 Å². The van der Waals surface area contributed by atoms with Crippen molar-refractivity contribution in [3.63, 3.8) is 0 Å². The van der Waals surface area contributed by atoms with Crippen LogP contribution < -0.4 is 10.6 Å². The number of anilines is 1. The Morgan fingerprint density at radius 1 is 1.47 bits per heavy atom. The summed E-state index contributed by atoms with van der Waals surface area (Å²) in [5, 5.41) is 0. The van der Waals surface area contributed by atoms with Gasteiger partial charge in [-0.15, -0.1) is 0 Å². The maximum Gasteiger partial charge on any atom is 0.225 e. The number of nitrogens with zero attached hydrogens (tertiary/aromatic N) is 3. The Labute approximate surface area is 91.2 Å². The lowest BCUT2D eigenvalue weighted by Gasteiger charge is -2.26. The number of hydrogen-bond acceptors (Lipinski definition) is 5. The van der Waals surface area contributed by atoms with Gasteiger partial charge in [-0.2, -0.15) is 0 Å². The first-order valence-electron chi connectivity index (χ1n) is 4.91. The minimum absolute atomic E-state index is 0.426. The van der Waals surface area contributed by atoms with Crippen molar-refractivity contribution in [3.8, 4) is 0 Å². The molecule has 6 heteroatoms. The zero-order valence-electron chi connectivity index (χ0n) is 8.43. The third-order valence-electron chi connectivity index (χ3n) is 2.37. The molecular weight excluding hydrogens is 212 g/mol. The summed E-state index contributed by atoms with van der Waals surface area (Å²) in [6, 6.07) is 1.81. The summed E-state index contributed by atoms with van der Waals surface area (Å²) >= 11 is 0. The Balaban J connectivity index is 2.11. The Morgan fingerprint density at radius 2 is 2.20 bits per heavy atom. The zero-order valence-corrected chi connectivity index (χ0v) is 9.24. The molecule has 0 radical (unpaired) electrons. The lowest BCUT2D eigenvalue weighted by Crippen LogP contribution is -2.38. The van der Waals surface area contributed by atoms with Crippen molar-refractivity contribution >= 4 is 16.7 Å². The summed E-state index contributed by atoms with van der Waals surface area (Å²) < 4.78 is 11.2. The van der Waals surface area contributed by atoms with Crippen LogP contribution in [0.15, 0.2) is 12.3 Å². The highest BCUT2D eigenvalue weighted by atomic mass is 32.2. The van der Waals surface area contributed by atoms with Gasteiger partial charge < -0.3 is 10.6 Å². The van der Waals surface area contributed by atoms with Crippen LogP contribution >= 0.6 is 0 Å². The quantitative estimate of drug-likeness (QED) is 0.736. The molecule has 0 unspecified atom stereocenters. The van der Waals surface area contributed by atoms with Crippen LogP contribution in [-0.4, -0.2) is 38.8 Å². The molecule has 2 heterocycles. The van der Waals surface area contributed by atoms with Gasteiger partial charge in [0.1, 0.15) is 0 Å². The molecule has 0 aromatic carbocycles. The Hall–Kier alpha value is -1.01. The summed E-state index contributed by atoms with van der Waals surface area (Å²) in [5.41, 5.74) is 6.35. The lowest BCUT2D eigenvalue weighted by molar-refractivity contribution is 0.671. The van der Waals surface area contributed by atoms with Crippen molar-refractivity contribution in [1.29, 1.82) is 0 Å². The molecular formula is C9H14N4OS. The van der Waals surface area contributed by atoms with E-state index in [1.54, 1.807) is 6.20 Å². The van der Waals surface area contributed by atoms with Crippen LogP contribution in [0.5, 0.6) is 0 Å². The van der Waals surface area contributed by atoms with Gasteiger partial charge in [0.25, 0.3) is 0 Å². The van der Waals surface area contributed by atoms with Crippen LogP contribution in [0.4, 0.5) is 5.95 Å². The summed E-state index contributed by atoms with van der Waals surface area (Å²) in [6.45, 7) is 1.95. The number of hydrogen-bond donors (Lipinski definition) is 1. The third kappa shape index (κ3) is 2.51. The predicted molar refractivity (Wildman–Crippen MR) is 60.0 cm³/mol. The van der Waals surface area contributed by atoms with Crippen LogP contribution in [0.1, 0.15) is 5.69 Å². The maximum absolute atomic E-state index is 11.2. The molecule has 1 aromatic rings. The highest BCUT2D eigenvalue weighted by Gasteiger charge is 2.17. The van der Waals surface area contributed by atoms with Gasteiger partial charge in [0.2, 0.25) is 5.95 Å². The fraction of sp³-hybridized carbons (Fsp3) is 0.556. The molecule has 15 heavy (non-hydrogen) atoms. The van der Waals surface area contributed by atoms with Gasteiger partial charge >= 0.3 is 0 Å². The second kappa shape index (κ2) is 4.67. The van der Waals surface area contributed by atoms with E-state index in [2.05, 4.69) is 14.9 Å². The van der Waals surface area contributed by atoms with E-state index in [0.717, 1.165) is 18.8 Å². The molecule has 1 aliphatic heterocycles. The predicted octanol–water partition coefficient (Wildman–Crippen LogP) is -0.496. The summed E-state index contributed by atoms with van der Waals surface area (Å²) in [7, 11) is -0.664. The molecule has 0 atom stereocenters. The summed E-state index contributed by atoms with van der Waals surface area (Å²) in [6.07, 6.45) is 1.72. The molecule has 0 saturated carbocycles. The first-order valence-corrected chi connectivity index (χ1v) is 6.40. The van der Waals surface area contributed by atoms with Crippen LogP contribution in [0.3, 0.4) is 0 Å². The highest BCUT2D eigenvalue weighted by Crippen LogP contribution is 2.10. The number of nitrogens with two attached hydrogens (primary N) is 1. The van der Waals surface area contributed by atoms with Crippen LogP contribution in [0, 0.1) is 0 Å². The van der Waals surface area contributed by atoms with E-state index >= 15 is 0 Å². The van der Waals surface area contributed by atoms with E-state index in [4.69, 9.17) is 5.73 Å². The van der Waals surface area contributed by atoms with E-state index in [1.165, 1.54) is 0 Å². The third-order valence-corrected chi connectivity index (χ3v) is 3.65. The normalized spacial score (nSPS) is 18.1. The van der Waals surface area contributed by atoms with Gasteiger partial charge in [-0.1, -0.05) is 0 Å². The van der Waals surface area contributed by atoms with Crippen molar-refractivity contribution < 1.29 is 4.21 Å². The molecule has 0 spiro atoms. The van der Waals surface area contributed by atoms with E-state index in [1.807, 2.05) is 6.07 Å². The Bertz CT molecular complexity index is 361.